The van der Waals surface area contributed by atoms with Crippen LogP contribution in [0.3, 0.4) is 0 Å². The molecule has 86 valence electrons. The average Bonchev–Trinajstić information content (AvgIpc) is 2.17. The third-order valence-corrected chi connectivity index (χ3v) is 2.49. The Morgan fingerprint density at radius 2 is 2.00 bits per heavy atom. The van der Waals surface area contributed by atoms with Crippen molar-refractivity contribution in [1.29, 1.82) is 0 Å². The second-order valence-electron chi connectivity index (χ2n) is 4.58. The van der Waals surface area contributed by atoms with Crippen LogP contribution >= 0.6 is 0 Å². The van der Waals surface area contributed by atoms with E-state index in [0.717, 1.165) is 17.6 Å². The molecule has 1 atom stereocenters. The minimum Gasteiger partial charge on any atom is -0.390 e. The summed E-state index contributed by atoms with van der Waals surface area (Å²) in [5.74, 6) is 0. The van der Waals surface area contributed by atoms with Crippen LogP contribution in [-0.2, 0) is 6.42 Å². The highest BCUT2D eigenvalue weighted by Crippen LogP contribution is 2.22. The molecule has 1 N–H and O–H groups in total. The lowest BCUT2D eigenvalue weighted by molar-refractivity contribution is 0.0605. The number of aliphatic hydroxyl groups is 1. The van der Waals surface area contributed by atoms with Crippen LogP contribution in [-0.4, -0.2) is 10.7 Å². The average molecular weight is 216 g/mol. The molecule has 0 bridgehead atoms. The van der Waals surface area contributed by atoms with Crippen molar-refractivity contribution in [3.05, 3.63) is 60.7 Å². The fraction of sp³-hybridized carbons (Fsp3) is 0.333. The molecular weight excluding hydrogens is 196 g/mol. The number of hydrogen-bond donors (Lipinski definition) is 1. The molecule has 1 rings (SSSR count). The van der Waals surface area contributed by atoms with Crippen LogP contribution < -0.4 is 0 Å². The molecule has 0 saturated carbocycles. The molecule has 0 amide bonds. The Hall–Kier alpha value is -1.34. The molecule has 0 aliphatic rings. The number of benzene rings is 1. The van der Waals surface area contributed by atoms with Crippen LogP contribution in [0.5, 0.6) is 0 Å². The molecule has 0 heterocycles. The highest BCUT2D eigenvalue weighted by atomic mass is 16.3. The third-order valence-electron chi connectivity index (χ3n) is 2.49. The van der Waals surface area contributed by atoms with Crippen LogP contribution in [0.4, 0.5) is 0 Å². The lowest BCUT2D eigenvalue weighted by atomic mass is 9.89. The summed E-state index contributed by atoms with van der Waals surface area (Å²) < 4.78 is 0. The van der Waals surface area contributed by atoms with Crippen LogP contribution in [0, 0.1) is 0 Å². The summed E-state index contributed by atoms with van der Waals surface area (Å²) in [5, 5.41) is 10.3. The van der Waals surface area contributed by atoms with Gasteiger partial charge < -0.3 is 5.11 Å². The van der Waals surface area contributed by atoms with Crippen molar-refractivity contribution in [3.63, 3.8) is 0 Å². The zero-order valence-electron chi connectivity index (χ0n) is 9.95. The summed E-state index contributed by atoms with van der Waals surface area (Å²) in [7, 11) is 0. The maximum Gasteiger partial charge on any atom is 0.0696 e. The molecule has 0 aromatic heterocycles. The SMILES string of the molecule is C=CCC(=C)CC(C)(O)Cc1ccccc1. The zero-order chi connectivity index (χ0) is 12.0. The lowest BCUT2D eigenvalue weighted by Gasteiger charge is -2.24. The molecule has 1 unspecified atom stereocenters. The first-order valence-electron chi connectivity index (χ1n) is 5.57. The molecule has 1 aromatic rings. The molecule has 0 radical (unpaired) electrons. The topological polar surface area (TPSA) is 20.2 Å². The van der Waals surface area contributed by atoms with Gasteiger partial charge >= 0.3 is 0 Å². The van der Waals surface area contributed by atoms with Crippen molar-refractivity contribution in [2.75, 3.05) is 0 Å². The molecule has 1 aromatic carbocycles. The van der Waals surface area contributed by atoms with Crippen molar-refractivity contribution < 1.29 is 5.11 Å². The summed E-state index contributed by atoms with van der Waals surface area (Å²) in [5.41, 5.74) is 1.45. The van der Waals surface area contributed by atoms with Gasteiger partial charge in [-0.1, -0.05) is 48.6 Å². The number of rotatable bonds is 6. The summed E-state index contributed by atoms with van der Waals surface area (Å²) in [6.45, 7) is 9.47. The maximum absolute atomic E-state index is 10.3. The highest BCUT2D eigenvalue weighted by Gasteiger charge is 2.21. The predicted octanol–water partition coefficient (Wildman–Crippen LogP) is 3.50. The third kappa shape index (κ3) is 4.45. The zero-order valence-corrected chi connectivity index (χ0v) is 9.95. The molecule has 0 aliphatic heterocycles. The molecule has 0 aliphatic carbocycles. The fourth-order valence-corrected chi connectivity index (χ4v) is 1.91. The van der Waals surface area contributed by atoms with Gasteiger partial charge in [0.2, 0.25) is 0 Å². The molecule has 1 heteroatoms. The first kappa shape index (κ1) is 12.7. The number of hydrogen-bond acceptors (Lipinski definition) is 1. The Morgan fingerprint density at radius 1 is 1.38 bits per heavy atom. The first-order chi connectivity index (χ1) is 7.53. The normalized spacial score (nSPS) is 14.1. The van der Waals surface area contributed by atoms with E-state index in [0.29, 0.717) is 12.8 Å². The predicted molar refractivity (Wildman–Crippen MR) is 69.3 cm³/mol. The first-order valence-corrected chi connectivity index (χ1v) is 5.57. The second kappa shape index (κ2) is 5.66. The van der Waals surface area contributed by atoms with Crippen LogP contribution in [0.1, 0.15) is 25.3 Å². The van der Waals surface area contributed by atoms with E-state index in [9.17, 15) is 5.11 Å². The molecule has 0 saturated heterocycles. The Balaban J connectivity index is 2.58. The van der Waals surface area contributed by atoms with Crippen molar-refractivity contribution in [3.8, 4) is 0 Å². The van der Waals surface area contributed by atoms with Gasteiger partial charge in [-0.2, -0.15) is 0 Å². The van der Waals surface area contributed by atoms with Gasteiger partial charge in [0.1, 0.15) is 0 Å². The summed E-state index contributed by atoms with van der Waals surface area (Å²) in [6.07, 6.45) is 3.86. The van der Waals surface area contributed by atoms with E-state index >= 15 is 0 Å². The Kier molecular flexibility index (Phi) is 4.51. The fourth-order valence-electron chi connectivity index (χ4n) is 1.91. The van der Waals surface area contributed by atoms with Gasteiger partial charge in [0, 0.05) is 6.42 Å². The van der Waals surface area contributed by atoms with Gasteiger partial charge in [0.15, 0.2) is 0 Å². The summed E-state index contributed by atoms with van der Waals surface area (Å²) in [4.78, 5) is 0. The van der Waals surface area contributed by atoms with Gasteiger partial charge in [0.25, 0.3) is 0 Å². The monoisotopic (exact) mass is 216 g/mol. The van der Waals surface area contributed by atoms with E-state index in [1.807, 2.05) is 43.3 Å². The van der Waals surface area contributed by atoms with Gasteiger partial charge in [0.05, 0.1) is 5.60 Å². The van der Waals surface area contributed by atoms with Crippen LogP contribution in [0.25, 0.3) is 0 Å². The molecular formula is C15H20O. The highest BCUT2D eigenvalue weighted by molar-refractivity contribution is 5.18. The van der Waals surface area contributed by atoms with E-state index in [1.165, 1.54) is 0 Å². The largest absolute Gasteiger partial charge is 0.390 e. The minimum absolute atomic E-state index is 0.619. The molecule has 0 fully saturated rings. The van der Waals surface area contributed by atoms with E-state index in [4.69, 9.17) is 0 Å². The Morgan fingerprint density at radius 3 is 2.56 bits per heavy atom. The quantitative estimate of drug-likeness (QED) is 0.721. The Bertz CT molecular complexity index is 349. The van der Waals surface area contributed by atoms with Crippen LogP contribution in [0.2, 0.25) is 0 Å². The minimum atomic E-state index is -0.721. The summed E-state index contributed by atoms with van der Waals surface area (Å²) in [6, 6.07) is 10.0. The molecule has 16 heavy (non-hydrogen) atoms. The van der Waals surface area contributed by atoms with Crippen molar-refractivity contribution in [1.82, 2.24) is 0 Å². The smallest absolute Gasteiger partial charge is 0.0696 e. The van der Waals surface area contributed by atoms with Gasteiger partial charge in [-0.15, -0.1) is 6.58 Å². The van der Waals surface area contributed by atoms with Crippen molar-refractivity contribution in [2.24, 2.45) is 0 Å². The van der Waals surface area contributed by atoms with Gasteiger partial charge in [-0.3, -0.25) is 0 Å². The second-order valence-corrected chi connectivity index (χ2v) is 4.58. The van der Waals surface area contributed by atoms with Crippen LogP contribution in [0.15, 0.2) is 55.1 Å². The standard InChI is InChI=1S/C15H20O/c1-4-8-13(2)11-15(3,16)12-14-9-6-5-7-10-14/h4-7,9-10,16H,1-2,8,11-12H2,3H3. The lowest BCUT2D eigenvalue weighted by Crippen LogP contribution is -2.27. The van der Waals surface area contributed by atoms with Gasteiger partial charge in [-0.05, 0) is 25.3 Å². The van der Waals surface area contributed by atoms with E-state index in [-0.39, 0.29) is 0 Å². The van der Waals surface area contributed by atoms with Gasteiger partial charge in [-0.25, -0.2) is 0 Å². The van der Waals surface area contributed by atoms with Crippen molar-refractivity contribution in [2.45, 2.75) is 31.8 Å². The Labute approximate surface area is 98.1 Å². The van der Waals surface area contributed by atoms with E-state index < -0.39 is 5.60 Å². The van der Waals surface area contributed by atoms with E-state index in [2.05, 4.69) is 13.2 Å². The molecule has 1 nitrogen and oxygen atoms in total. The van der Waals surface area contributed by atoms with E-state index in [1.54, 1.807) is 0 Å². The maximum atomic E-state index is 10.3. The number of allylic oxidation sites excluding steroid dienone is 1. The van der Waals surface area contributed by atoms with Crippen molar-refractivity contribution >= 4 is 0 Å². The molecule has 0 spiro atoms. The summed E-state index contributed by atoms with van der Waals surface area (Å²) >= 11 is 0.